The summed E-state index contributed by atoms with van der Waals surface area (Å²) >= 11 is 0. The van der Waals surface area contributed by atoms with Crippen LogP contribution in [0.2, 0.25) is 0 Å². The number of halogens is 2. The zero-order valence-corrected chi connectivity index (χ0v) is 9.74. The van der Waals surface area contributed by atoms with Gasteiger partial charge in [-0.15, -0.1) is 0 Å². The number of hydrogen-bond acceptors (Lipinski definition) is 1. The molecule has 1 aliphatic carbocycles. The Labute approximate surface area is 94.9 Å². The molecule has 16 heavy (non-hydrogen) atoms. The quantitative estimate of drug-likeness (QED) is 0.833. The van der Waals surface area contributed by atoms with Crippen molar-refractivity contribution in [2.75, 3.05) is 25.7 Å². The number of nitrogens with one attached hydrogen (secondary N) is 1. The molecule has 0 saturated heterocycles. The van der Waals surface area contributed by atoms with Crippen LogP contribution >= 0.6 is 0 Å². The average Bonchev–Trinajstić information content (AvgIpc) is 2.30. The zero-order valence-electron chi connectivity index (χ0n) is 9.74. The van der Waals surface area contributed by atoms with E-state index in [9.17, 15) is 8.78 Å². The van der Waals surface area contributed by atoms with Crippen LogP contribution in [0.3, 0.4) is 0 Å². The highest BCUT2D eigenvalue weighted by atomic mass is 19.1. The average molecular weight is 225 g/mol. The smallest absolute Gasteiger partial charge is 0.102 e. The van der Waals surface area contributed by atoms with Crippen LogP contribution in [-0.4, -0.2) is 20.4 Å². The Morgan fingerprint density at radius 2 is 2.00 bits per heavy atom. The molecule has 0 aliphatic heterocycles. The van der Waals surface area contributed by atoms with Gasteiger partial charge in [0.05, 0.1) is 5.41 Å². The summed E-state index contributed by atoms with van der Waals surface area (Å²) in [5.41, 5.74) is 3.04. The van der Waals surface area contributed by atoms with Crippen molar-refractivity contribution in [2.24, 2.45) is 0 Å². The molecule has 0 aromatic heterocycles. The number of benzene rings is 1. The maximum absolute atomic E-state index is 13.3. The molecule has 0 spiro atoms. The maximum Gasteiger partial charge on any atom is 0.102 e. The van der Waals surface area contributed by atoms with Crippen molar-refractivity contribution >= 4 is 5.69 Å². The monoisotopic (exact) mass is 225 g/mol. The summed E-state index contributed by atoms with van der Waals surface area (Å²) in [6.07, 6.45) is 1.34. The molecule has 0 heterocycles. The van der Waals surface area contributed by atoms with Gasteiger partial charge in [0.15, 0.2) is 0 Å². The molecule has 0 fully saturated rings. The molecular formula is C13H17F2N. The summed E-state index contributed by atoms with van der Waals surface area (Å²) in [5.74, 6) is 0. The summed E-state index contributed by atoms with van der Waals surface area (Å²) in [7, 11) is 1.79. The van der Waals surface area contributed by atoms with Crippen LogP contribution in [0.1, 0.15) is 23.1 Å². The van der Waals surface area contributed by atoms with Gasteiger partial charge in [-0.25, -0.2) is 0 Å². The summed E-state index contributed by atoms with van der Waals surface area (Å²) in [5, 5.41) is 3.04. The van der Waals surface area contributed by atoms with Gasteiger partial charge >= 0.3 is 0 Å². The lowest BCUT2D eigenvalue weighted by atomic mass is 9.70. The van der Waals surface area contributed by atoms with Crippen LogP contribution < -0.4 is 5.32 Å². The normalized spacial score (nSPS) is 17.2. The van der Waals surface area contributed by atoms with Crippen molar-refractivity contribution < 1.29 is 8.78 Å². The Balaban J connectivity index is 2.65. The standard InChI is InChI=1S/C13H17F2N/c1-9-10-3-4-11(16-2)12(9)13(7-14,8-15)6-5-10/h3-4,16H,5-8H2,1-2H3. The van der Waals surface area contributed by atoms with Gasteiger partial charge in [-0.1, -0.05) is 6.07 Å². The van der Waals surface area contributed by atoms with Crippen LogP contribution in [0.25, 0.3) is 0 Å². The van der Waals surface area contributed by atoms with Crippen LogP contribution in [0.4, 0.5) is 14.5 Å². The highest BCUT2D eigenvalue weighted by Gasteiger charge is 2.39. The molecule has 2 bridgehead atoms. The predicted octanol–water partition coefficient (Wildman–Crippen LogP) is 3.16. The molecule has 88 valence electrons. The van der Waals surface area contributed by atoms with Crippen molar-refractivity contribution in [3.63, 3.8) is 0 Å². The summed E-state index contributed by atoms with van der Waals surface area (Å²) in [4.78, 5) is 0. The van der Waals surface area contributed by atoms with Gasteiger partial charge in [0.2, 0.25) is 0 Å². The van der Waals surface area contributed by atoms with E-state index in [-0.39, 0.29) is 0 Å². The highest BCUT2D eigenvalue weighted by Crippen LogP contribution is 2.43. The van der Waals surface area contributed by atoms with Gasteiger partial charge in [0.25, 0.3) is 0 Å². The first kappa shape index (κ1) is 11.4. The van der Waals surface area contributed by atoms with Crippen molar-refractivity contribution in [3.05, 3.63) is 28.8 Å². The first-order valence-corrected chi connectivity index (χ1v) is 5.61. The number of aryl methyl sites for hydroxylation is 1. The first-order valence-electron chi connectivity index (χ1n) is 5.61. The fourth-order valence-electron chi connectivity index (χ4n) is 2.72. The van der Waals surface area contributed by atoms with Gasteiger partial charge in [-0.2, -0.15) is 0 Å². The van der Waals surface area contributed by atoms with Gasteiger partial charge in [0.1, 0.15) is 13.3 Å². The SMILES string of the molecule is CNc1ccc2c(C)c1C(CF)(CF)CC2. The van der Waals surface area contributed by atoms with Gasteiger partial charge < -0.3 is 5.32 Å². The van der Waals surface area contributed by atoms with E-state index >= 15 is 0 Å². The molecule has 0 amide bonds. The maximum atomic E-state index is 13.3. The topological polar surface area (TPSA) is 12.0 Å². The molecule has 2 rings (SSSR count). The van der Waals surface area contributed by atoms with E-state index in [2.05, 4.69) is 5.32 Å². The van der Waals surface area contributed by atoms with E-state index in [0.717, 1.165) is 23.2 Å². The predicted molar refractivity (Wildman–Crippen MR) is 62.7 cm³/mol. The lowest BCUT2D eigenvalue weighted by Gasteiger charge is -2.37. The molecule has 1 aromatic rings. The van der Waals surface area contributed by atoms with Crippen molar-refractivity contribution in [3.8, 4) is 0 Å². The minimum absolute atomic E-state index is 0.567. The molecule has 1 aromatic carbocycles. The number of alkyl halides is 2. The molecule has 1 nitrogen and oxygen atoms in total. The Hall–Kier alpha value is -1.12. The summed E-state index contributed by atoms with van der Waals surface area (Å²) < 4.78 is 26.5. The second-order valence-corrected chi connectivity index (χ2v) is 4.57. The summed E-state index contributed by atoms with van der Waals surface area (Å²) in [6.45, 7) is 0.718. The number of rotatable bonds is 3. The van der Waals surface area contributed by atoms with Crippen molar-refractivity contribution in [1.82, 2.24) is 0 Å². The van der Waals surface area contributed by atoms with Gasteiger partial charge in [0, 0.05) is 12.7 Å². The fraction of sp³-hybridized carbons (Fsp3) is 0.538. The van der Waals surface area contributed by atoms with Crippen molar-refractivity contribution in [2.45, 2.75) is 25.2 Å². The Morgan fingerprint density at radius 3 is 2.56 bits per heavy atom. The molecule has 1 aliphatic rings. The van der Waals surface area contributed by atoms with Gasteiger partial charge in [-0.3, -0.25) is 8.78 Å². The summed E-state index contributed by atoms with van der Waals surface area (Å²) in [6, 6.07) is 3.97. The van der Waals surface area contributed by atoms with Gasteiger partial charge in [-0.05, 0) is 42.5 Å². The third kappa shape index (κ3) is 1.41. The Morgan fingerprint density at radius 1 is 1.31 bits per heavy atom. The number of hydrogen-bond donors (Lipinski definition) is 1. The minimum Gasteiger partial charge on any atom is -0.388 e. The lowest BCUT2D eigenvalue weighted by molar-refractivity contribution is 0.219. The van der Waals surface area contributed by atoms with Crippen LogP contribution in [0, 0.1) is 6.92 Å². The fourth-order valence-corrected chi connectivity index (χ4v) is 2.72. The largest absolute Gasteiger partial charge is 0.388 e. The van der Waals surface area contributed by atoms with Crippen LogP contribution in [-0.2, 0) is 11.8 Å². The van der Waals surface area contributed by atoms with E-state index in [1.54, 1.807) is 7.05 Å². The van der Waals surface area contributed by atoms with E-state index < -0.39 is 18.8 Å². The third-order valence-corrected chi connectivity index (χ3v) is 3.76. The minimum atomic E-state index is -0.920. The van der Waals surface area contributed by atoms with E-state index in [0.29, 0.717) is 6.42 Å². The third-order valence-electron chi connectivity index (χ3n) is 3.76. The molecule has 3 heteroatoms. The molecular weight excluding hydrogens is 208 g/mol. The molecule has 1 N–H and O–H groups in total. The second-order valence-electron chi connectivity index (χ2n) is 4.57. The molecule has 0 unspecified atom stereocenters. The van der Waals surface area contributed by atoms with Crippen molar-refractivity contribution in [1.29, 1.82) is 0 Å². The van der Waals surface area contributed by atoms with Crippen LogP contribution in [0.15, 0.2) is 12.1 Å². The lowest BCUT2D eigenvalue weighted by Crippen LogP contribution is -2.36. The number of fused-ring (bicyclic) bond motifs is 2. The zero-order chi connectivity index (χ0) is 11.8. The van der Waals surface area contributed by atoms with E-state index in [1.165, 1.54) is 5.56 Å². The Bertz CT molecular complexity index is 397. The number of anilines is 1. The molecule has 0 radical (unpaired) electrons. The van der Waals surface area contributed by atoms with E-state index in [1.807, 2.05) is 19.1 Å². The van der Waals surface area contributed by atoms with E-state index in [4.69, 9.17) is 0 Å². The van der Waals surface area contributed by atoms with Crippen LogP contribution in [0.5, 0.6) is 0 Å². The molecule has 0 atom stereocenters. The first-order chi connectivity index (χ1) is 7.68. The second kappa shape index (κ2) is 4.04. The Kier molecular flexibility index (Phi) is 2.87. The highest BCUT2D eigenvalue weighted by molar-refractivity contribution is 5.61. The molecule has 0 saturated carbocycles.